The second-order valence-electron chi connectivity index (χ2n) is 7.18. The third kappa shape index (κ3) is 3.70. The summed E-state index contributed by atoms with van der Waals surface area (Å²) in [4.78, 5) is 24.3. The van der Waals surface area contributed by atoms with E-state index in [-0.39, 0.29) is 6.61 Å². The van der Waals surface area contributed by atoms with Crippen molar-refractivity contribution >= 4 is 17.0 Å². The molecule has 2 heterocycles. The molecule has 0 spiro atoms. The van der Waals surface area contributed by atoms with Crippen molar-refractivity contribution in [2.24, 2.45) is 5.18 Å². The van der Waals surface area contributed by atoms with Crippen LogP contribution in [0.5, 0.6) is 0 Å². The van der Waals surface area contributed by atoms with E-state index in [0.717, 1.165) is 25.7 Å². The molecule has 11 heteroatoms. The summed E-state index contributed by atoms with van der Waals surface area (Å²) in [6, 6.07) is -1.25. The van der Waals surface area contributed by atoms with E-state index in [9.17, 15) is 20.2 Å². The summed E-state index contributed by atoms with van der Waals surface area (Å²) in [5.74, 6) is 0.904. The molecule has 0 aromatic carbocycles. The number of aliphatic hydroxyl groups excluding tert-OH is 3. The number of aryl methyl sites for hydroxylation is 1. The number of methoxy groups -OCH3 is 1. The quantitative estimate of drug-likeness (QED) is 0.444. The van der Waals surface area contributed by atoms with E-state index in [1.165, 1.54) is 18.0 Å². The molecule has 0 aliphatic heterocycles. The van der Waals surface area contributed by atoms with E-state index in [4.69, 9.17) is 4.74 Å². The SMILES string of the molecule is CO[C@H](CO)[C@@H](N=O)[C@@H](O)n1cnc2c(NC3(CO)CCCC3)nc(C)nc21. The van der Waals surface area contributed by atoms with Gasteiger partial charge in [-0.15, -0.1) is 0 Å². The molecule has 11 nitrogen and oxygen atoms in total. The van der Waals surface area contributed by atoms with Crippen molar-refractivity contribution in [1.82, 2.24) is 19.5 Å². The van der Waals surface area contributed by atoms with E-state index >= 15 is 0 Å². The zero-order valence-electron chi connectivity index (χ0n) is 15.9. The summed E-state index contributed by atoms with van der Waals surface area (Å²) in [6.07, 6.45) is 2.61. The Balaban J connectivity index is 2.00. The largest absolute Gasteiger partial charge is 0.394 e. The predicted octanol–water partition coefficient (Wildman–Crippen LogP) is 0.485. The number of nitroso groups, excluding NO2 is 1. The van der Waals surface area contributed by atoms with Crippen LogP contribution in [0.3, 0.4) is 0 Å². The van der Waals surface area contributed by atoms with Gasteiger partial charge >= 0.3 is 0 Å². The number of aromatic nitrogens is 4. The number of hydrogen-bond donors (Lipinski definition) is 4. The van der Waals surface area contributed by atoms with Crippen LogP contribution < -0.4 is 5.32 Å². The van der Waals surface area contributed by atoms with Crippen molar-refractivity contribution in [3.8, 4) is 0 Å². The molecule has 1 fully saturated rings. The molecule has 4 N–H and O–H groups in total. The normalized spacial score (nSPS) is 19.5. The minimum atomic E-state index is -1.43. The third-order valence-corrected chi connectivity index (χ3v) is 5.36. The number of rotatable bonds is 9. The van der Waals surface area contributed by atoms with Crippen molar-refractivity contribution in [2.75, 3.05) is 25.6 Å². The Morgan fingerprint density at radius 3 is 2.64 bits per heavy atom. The fourth-order valence-corrected chi connectivity index (χ4v) is 3.73. The lowest BCUT2D eigenvalue weighted by Crippen LogP contribution is -2.39. The lowest BCUT2D eigenvalue weighted by Gasteiger charge is -2.28. The van der Waals surface area contributed by atoms with Gasteiger partial charge in [-0.25, -0.2) is 15.0 Å². The second kappa shape index (κ2) is 8.43. The molecule has 1 aliphatic rings. The van der Waals surface area contributed by atoms with Gasteiger partial charge in [-0.2, -0.15) is 4.91 Å². The monoisotopic (exact) mass is 394 g/mol. The number of nitrogens with zero attached hydrogens (tertiary/aromatic N) is 5. The number of anilines is 1. The Morgan fingerprint density at radius 1 is 1.36 bits per heavy atom. The second-order valence-corrected chi connectivity index (χ2v) is 7.18. The maximum absolute atomic E-state index is 11.3. The zero-order valence-corrected chi connectivity index (χ0v) is 15.9. The van der Waals surface area contributed by atoms with Crippen LogP contribution in [-0.2, 0) is 4.74 Å². The Morgan fingerprint density at radius 2 is 2.07 bits per heavy atom. The summed E-state index contributed by atoms with van der Waals surface area (Å²) < 4.78 is 6.35. The van der Waals surface area contributed by atoms with Gasteiger partial charge in [0.25, 0.3) is 0 Å². The highest BCUT2D eigenvalue weighted by atomic mass is 16.5. The van der Waals surface area contributed by atoms with Crippen molar-refractivity contribution in [1.29, 1.82) is 0 Å². The fraction of sp³-hybridized carbons (Fsp3) is 0.706. The first kappa shape index (κ1) is 20.5. The van der Waals surface area contributed by atoms with Crippen LogP contribution in [0.15, 0.2) is 11.5 Å². The van der Waals surface area contributed by atoms with Crippen LogP contribution in [-0.4, -0.2) is 72.8 Å². The van der Waals surface area contributed by atoms with Gasteiger partial charge in [0.1, 0.15) is 11.9 Å². The molecular formula is C17H26N6O5. The lowest BCUT2D eigenvalue weighted by atomic mass is 9.99. The molecule has 0 amide bonds. The molecule has 0 radical (unpaired) electrons. The fourth-order valence-electron chi connectivity index (χ4n) is 3.73. The molecule has 28 heavy (non-hydrogen) atoms. The van der Waals surface area contributed by atoms with Gasteiger partial charge in [-0.05, 0) is 19.8 Å². The maximum atomic E-state index is 11.3. The van der Waals surface area contributed by atoms with Gasteiger partial charge in [-0.3, -0.25) is 4.57 Å². The summed E-state index contributed by atoms with van der Waals surface area (Å²) in [6.45, 7) is 1.20. The molecule has 0 unspecified atom stereocenters. The van der Waals surface area contributed by atoms with Crippen LogP contribution in [0, 0.1) is 11.8 Å². The van der Waals surface area contributed by atoms with Crippen molar-refractivity contribution in [2.45, 2.75) is 56.5 Å². The minimum absolute atomic E-state index is 0.0238. The summed E-state index contributed by atoms with van der Waals surface area (Å²) in [5.41, 5.74) is 0.267. The van der Waals surface area contributed by atoms with E-state index in [1.54, 1.807) is 6.92 Å². The minimum Gasteiger partial charge on any atom is -0.394 e. The average Bonchev–Trinajstić information content (AvgIpc) is 3.33. The van der Waals surface area contributed by atoms with Crippen LogP contribution in [0.1, 0.15) is 37.7 Å². The molecule has 0 saturated heterocycles. The third-order valence-electron chi connectivity index (χ3n) is 5.36. The molecule has 1 saturated carbocycles. The van der Waals surface area contributed by atoms with Crippen molar-refractivity contribution in [3.63, 3.8) is 0 Å². The summed E-state index contributed by atoms with van der Waals surface area (Å²) >= 11 is 0. The lowest BCUT2D eigenvalue weighted by molar-refractivity contribution is -0.0297. The van der Waals surface area contributed by atoms with Crippen LogP contribution in [0.4, 0.5) is 5.82 Å². The van der Waals surface area contributed by atoms with Crippen LogP contribution in [0.2, 0.25) is 0 Å². The van der Waals surface area contributed by atoms with Crippen LogP contribution in [0.25, 0.3) is 11.2 Å². The number of hydrogen-bond acceptors (Lipinski definition) is 10. The first-order valence-electron chi connectivity index (χ1n) is 9.23. The Labute approximate surface area is 161 Å². The number of ether oxygens (including phenoxy) is 1. The highest BCUT2D eigenvalue weighted by Gasteiger charge is 2.35. The number of aliphatic hydroxyl groups is 3. The Hall–Kier alpha value is -2.21. The predicted molar refractivity (Wildman–Crippen MR) is 101 cm³/mol. The van der Waals surface area contributed by atoms with Gasteiger partial charge < -0.3 is 25.4 Å². The number of nitrogens with one attached hydrogen (secondary N) is 1. The van der Waals surface area contributed by atoms with E-state index < -0.39 is 30.5 Å². The van der Waals surface area contributed by atoms with Crippen LogP contribution >= 0.6 is 0 Å². The molecule has 3 rings (SSSR count). The first-order chi connectivity index (χ1) is 13.5. The summed E-state index contributed by atoms with van der Waals surface area (Å²) in [5, 5.41) is 36.2. The summed E-state index contributed by atoms with van der Waals surface area (Å²) in [7, 11) is 1.32. The van der Waals surface area contributed by atoms with Gasteiger partial charge in [-0.1, -0.05) is 18.0 Å². The Bertz CT molecular complexity index is 818. The van der Waals surface area contributed by atoms with E-state index in [0.29, 0.717) is 22.8 Å². The van der Waals surface area contributed by atoms with Gasteiger partial charge in [0.15, 0.2) is 29.3 Å². The Kier molecular flexibility index (Phi) is 6.18. The molecular weight excluding hydrogens is 368 g/mol. The number of fused-ring (bicyclic) bond motifs is 1. The van der Waals surface area contributed by atoms with E-state index in [2.05, 4.69) is 25.4 Å². The van der Waals surface area contributed by atoms with Gasteiger partial charge in [0.2, 0.25) is 0 Å². The molecule has 3 atom stereocenters. The van der Waals surface area contributed by atoms with Gasteiger partial charge in [0, 0.05) is 7.11 Å². The topological polar surface area (TPSA) is 155 Å². The highest BCUT2D eigenvalue weighted by molar-refractivity contribution is 5.83. The molecule has 154 valence electrons. The zero-order chi connectivity index (χ0) is 20.3. The molecule has 0 bridgehead atoms. The van der Waals surface area contributed by atoms with Crippen molar-refractivity contribution in [3.05, 3.63) is 17.1 Å². The van der Waals surface area contributed by atoms with E-state index in [1.807, 2.05) is 0 Å². The average molecular weight is 394 g/mol. The number of imidazole rings is 1. The van der Waals surface area contributed by atoms with Crippen molar-refractivity contribution < 1.29 is 20.1 Å². The standard InChI is InChI=1S/C17H26N6O5/c1-10-19-14(21-17(8-25)5-3-4-6-17)13-15(20-10)23(9-18-13)16(26)12(22-27)11(7-24)28-2/h9,11-12,16,24-26H,3-8H2,1-2H3,(H,19,20,21)/t11-,12-,16-/m1/s1. The molecule has 2 aromatic heterocycles. The molecule has 2 aromatic rings. The first-order valence-corrected chi connectivity index (χ1v) is 9.23. The maximum Gasteiger partial charge on any atom is 0.167 e. The smallest absolute Gasteiger partial charge is 0.167 e. The van der Waals surface area contributed by atoms with Gasteiger partial charge in [0.05, 0.1) is 25.1 Å². The molecule has 1 aliphatic carbocycles. The highest BCUT2D eigenvalue weighted by Crippen LogP contribution is 2.34.